The summed E-state index contributed by atoms with van der Waals surface area (Å²) in [5.74, 6) is -0.0928. The average Bonchev–Trinajstić information content (AvgIpc) is 3.29. The summed E-state index contributed by atoms with van der Waals surface area (Å²) in [6.07, 6.45) is 3.56. The Labute approximate surface area is 264 Å². The molecule has 1 N–H and O–H groups in total. The Balaban J connectivity index is 1.64. The predicted octanol–water partition coefficient (Wildman–Crippen LogP) is 6.48. The maximum absolute atomic E-state index is 13.3. The molecule has 0 saturated heterocycles. The van der Waals surface area contributed by atoms with Crippen molar-refractivity contribution in [1.29, 1.82) is 0 Å². The minimum absolute atomic E-state index is 0.0928. The Kier molecular flexibility index (Phi) is 9.62. The van der Waals surface area contributed by atoms with Gasteiger partial charge in [0, 0.05) is 18.9 Å². The van der Waals surface area contributed by atoms with Gasteiger partial charge in [-0.3, -0.25) is 9.78 Å². The Bertz CT molecular complexity index is 1830. The molecular formula is C37H41N5O3. The molecule has 1 unspecified atom stereocenters. The molecule has 0 saturated carbocycles. The van der Waals surface area contributed by atoms with E-state index in [0.717, 1.165) is 27.7 Å². The Morgan fingerprint density at radius 1 is 0.822 bits per heavy atom. The van der Waals surface area contributed by atoms with Gasteiger partial charge in [-0.1, -0.05) is 71.8 Å². The summed E-state index contributed by atoms with van der Waals surface area (Å²) < 4.78 is 9.83. The highest BCUT2D eigenvalue weighted by atomic mass is 16.6. The first-order chi connectivity index (χ1) is 21.6. The first kappa shape index (κ1) is 31.4. The SMILES string of the molecule is Cc1ccc(CC(CNC(=O)Cc2ccncc2)n2c(=NC(=O)OC(C)(C)C)n(Cc3ccc(C)cc3)c3ccccc32)cc1. The molecular weight excluding hydrogens is 562 g/mol. The number of aryl methyl sites for hydroxylation is 2. The fourth-order valence-electron chi connectivity index (χ4n) is 5.35. The molecule has 0 aliphatic carbocycles. The number of aromatic nitrogens is 3. The van der Waals surface area contributed by atoms with Gasteiger partial charge in [-0.2, -0.15) is 0 Å². The fourth-order valence-corrected chi connectivity index (χ4v) is 5.35. The van der Waals surface area contributed by atoms with Crippen molar-refractivity contribution in [2.45, 2.75) is 65.6 Å². The minimum atomic E-state index is -0.707. The second-order valence-electron chi connectivity index (χ2n) is 12.5. The number of hydrogen-bond acceptors (Lipinski definition) is 4. The Morgan fingerprint density at radius 3 is 2.04 bits per heavy atom. The van der Waals surface area contributed by atoms with Gasteiger partial charge in [0.05, 0.1) is 30.0 Å². The van der Waals surface area contributed by atoms with Crippen LogP contribution in [0.25, 0.3) is 11.0 Å². The zero-order chi connectivity index (χ0) is 32.0. The van der Waals surface area contributed by atoms with Gasteiger partial charge in [0.15, 0.2) is 0 Å². The molecule has 8 nitrogen and oxygen atoms in total. The molecule has 0 radical (unpaired) electrons. The van der Waals surface area contributed by atoms with Crippen LogP contribution in [0.2, 0.25) is 0 Å². The van der Waals surface area contributed by atoms with E-state index < -0.39 is 11.7 Å². The van der Waals surface area contributed by atoms with Gasteiger partial charge in [-0.15, -0.1) is 4.99 Å². The van der Waals surface area contributed by atoms with Crippen LogP contribution in [0, 0.1) is 13.8 Å². The maximum Gasteiger partial charge on any atom is 0.437 e. The smallest absolute Gasteiger partial charge is 0.437 e. The number of pyridine rings is 1. The number of rotatable bonds is 9. The van der Waals surface area contributed by atoms with Crippen molar-refractivity contribution in [3.8, 4) is 0 Å². The summed E-state index contributed by atoms with van der Waals surface area (Å²) in [5, 5.41) is 3.16. The number of ether oxygens (including phenoxy) is 1. The zero-order valence-electron chi connectivity index (χ0n) is 26.7. The number of para-hydroxylation sites is 2. The van der Waals surface area contributed by atoms with E-state index in [0.29, 0.717) is 25.1 Å². The molecule has 45 heavy (non-hydrogen) atoms. The average molecular weight is 604 g/mol. The van der Waals surface area contributed by atoms with Crippen molar-refractivity contribution in [3.05, 3.63) is 131 Å². The van der Waals surface area contributed by atoms with Crippen LogP contribution in [0.5, 0.6) is 0 Å². The van der Waals surface area contributed by atoms with Crippen LogP contribution < -0.4 is 10.9 Å². The van der Waals surface area contributed by atoms with E-state index in [9.17, 15) is 9.59 Å². The molecule has 0 aliphatic rings. The molecule has 0 fully saturated rings. The number of imidazole rings is 1. The number of carbonyl (C=O) groups is 2. The lowest BCUT2D eigenvalue weighted by atomic mass is 10.0. The Morgan fingerprint density at radius 2 is 1.42 bits per heavy atom. The van der Waals surface area contributed by atoms with Gasteiger partial charge in [-0.05, 0) is 82.0 Å². The normalized spacial score (nSPS) is 12.7. The summed E-state index contributed by atoms with van der Waals surface area (Å²) >= 11 is 0. The van der Waals surface area contributed by atoms with Crippen LogP contribution in [-0.4, -0.2) is 38.3 Å². The Hall–Kier alpha value is -4.98. The summed E-state index contributed by atoms with van der Waals surface area (Å²) in [4.78, 5) is 35.1. The predicted molar refractivity (Wildman–Crippen MR) is 177 cm³/mol. The first-order valence-electron chi connectivity index (χ1n) is 15.3. The van der Waals surface area contributed by atoms with E-state index >= 15 is 0 Å². The van der Waals surface area contributed by atoms with E-state index in [-0.39, 0.29) is 18.4 Å². The molecule has 3 aromatic carbocycles. The summed E-state index contributed by atoms with van der Waals surface area (Å²) in [7, 11) is 0. The maximum atomic E-state index is 13.3. The van der Waals surface area contributed by atoms with E-state index in [2.05, 4.69) is 86.8 Å². The summed E-state index contributed by atoms with van der Waals surface area (Å²) in [6, 6.07) is 28.2. The van der Waals surface area contributed by atoms with Crippen LogP contribution in [0.1, 0.15) is 54.6 Å². The molecule has 0 spiro atoms. The number of nitrogens with zero attached hydrogens (tertiary/aromatic N) is 4. The third-order valence-electron chi connectivity index (χ3n) is 7.54. The highest BCUT2D eigenvalue weighted by molar-refractivity contribution is 5.79. The van der Waals surface area contributed by atoms with Crippen LogP contribution in [0.4, 0.5) is 4.79 Å². The van der Waals surface area contributed by atoms with Crippen molar-refractivity contribution in [1.82, 2.24) is 19.4 Å². The van der Waals surface area contributed by atoms with Gasteiger partial charge >= 0.3 is 6.09 Å². The third kappa shape index (κ3) is 8.35. The van der Waals surface area contributed by atoms with E-state index in [1.165, 1.54) is 11.1 Å². The monoisotopic (exact) mass is 603 g/mol. The van der Waals surface area contributed by atoms with E-state index in [4.69, 9.17) is 4.74 Å². The van der Waals surface area contributed by atoms with E-state index in [1.54, 1.807) is 12.4 Å². The largest absolute Gasteiger partial charge is 0.442 e. The van der Waals surface area contributed by atoms with Crippen LogP contribution in [0.3, 0.4) is 0 Å². The highest BCUT2D eigenvalue weighted by Gasteiger charge is 2.23. The standard InChI is InChI=1S/C37H41N5O3/c1-26-10-14-28(15-11-26)22-31(24-39-34(43)23-29-18-20-38-21-19-29)42-33-9-7-6-8-32(33)41(25-30-16-12-27(2)13-17-30)35(42)40-36(44)45-37(3,4)5/h6-21,31H,22-25H2,1-5H3,(H,39,43). The molecule has 8 heteroatoms. The lowest BCUT2D eigenvalue weighted by Gasteiger charge is -2.22. The van der Waals surface area contributed by atoms with Crippen LogP contribution in [-0.2, 0) is 28.9 Å². The molecule has 5 aromatic rings. The van der Waals surface area contributed by atoms with Crippen molar-refractivity contribution >= 4 is 23.0 Å². The van der Waals surface area contributed by atoms with Crippen LogP contribution >= 0.6 is 0 Å². The van der Waals surface area contributed by atoms with Crippen molar-refractivity contribution in [2.75, 3.05) is 6.54 Å². The van der Waals surface area contributed by atoms with Gasteiger partial charge in [0.1, 0.15) is 5.60 Å². The van der Waals surface area contributed by atoms with Gasteiger partial charge in [0.25, 0.3) is 0 Å². The number of carbonyl (C=O) groups excluding carboxylic acids is 2. The highest BCUT2D eigenvalue weighted by Crippen LogP contribution is 2.22. The minimum Gasteiger partial charge on any atom is -0.442 e. The van der Waals surface area contributed by atoms with Gasteiger partial charge in [0.2, 0.25) is 11.5 Å². The molecule has 232 valence electrons. The lowest BCUT2D eigenvalue weighted by molar-refractivity contribution is -0.120. The molecule has 1 atom stereocenters. The number of fused-ring (bicyclic) bond motifs is 1. The van der Waals surface area contributed by atoms with Gasteiger partial charge in [-0.25, -0.2) is 4.79 Å². The quantitative estimate of drug-likeness (QED) is 0.209. The zero-order valence-corrected chi connectivity index (χ0v) is 26.7. The van der Waals surface area contributed by atoms with Crippen molar-refractivity contribution < 1.29 is 14.3 Å². The first-order valence-corrected chi connectivity index (χ1v) is 15.3. The molecule has 2 amide bonds. The molecule has 2 aromatic heterocycles. The third-order valence-corrected chi connectivity index (χ3v) is 7.54. The summed E-state index contributed by atoms with van der Waals surface area (Å²) in [6.45, 7) is 10.4. The molecule has 0 bridgehead atoms. The van der Waals surface area contributed by atoms with E-state index in [1.807, 2.05) is 57.2 Å². The van der Waals surface area contributed by atoms with Crippen LogP contribution in [0.15, 0.2) is 102 Å². The van der Waals surface area contributed by atoms with Crippen molar-refractivity contribution in [3.63, 3.8) is 0 Å². The van der Waals surface area contributed by atoms with Crippen molar-refractivity contribution in [2.24, 2.45) is 4.99 Å². The number of benzene rings is 3. The number of amides is 2. The lowest BCUT2D eigenvalue weighted by Crippen LogP contribution is -2.38. The second kappa shape index (κ2) is 13.8. The fraction of sp³-hybridized carbons (Fsp3) is 0.297. The topological polar surface area (TPSA) is 90.5 Å². The number of hydrogen-bond donors (Lipinski definition) is 1. The molecule has 0 aliphatic heterocycles. The second-order valence-corrected chi connectivity index (χ2v) is 12.5. The molecule has 2 heterocycles. The molecule has 5 rings (SSSR count). The van der Waals surface area contributed by atoms with Gasteiger partial charge < -0.3 is 19.2 Å². The number of nitrogens with one attached hydrogen (secondary N) is 1. The summed E-state index contributed by atoms with van der Waals surface area (Å²) in [5.41, 5.74) is 7.02.